The summed E-state index contributed by atoms with van der Waals surface area (Å²) in [5.41, 5.74) is 0. The molecule has 2 fully saturated rings. The first-order chi connectivity index (χ1) is 8.00. The fourth-order valence-electron chi connectivity index (χ4n) is 2.65. The second-order valence-electron chi connectivity index (χ2n) is 5.19. The molecule has 0 radical (unpaired) electrons. The largest absolute Gasteiger partial charge is 0.392 e. The van der Waals surface area contributed by atoms with Crippen LogP contribution in [-0.2, 0) is 14.3 Å². The van der Waals surface area contributed by atoms with Gasteiger partial charge in [0.2, 0.25) is 0 Å². The predicted octanol–water partition coefficient (Wildman–Crippen LogP) is 1.30. The van der Waals surface area contributed by atoms with Crippen LogP contribution >= 0.6 is 12.6 Å². The van der Waals surface area contributed by atoms with E-state index in [1.807, 2.05) is 6.92 Å². The first-order valence-electron chi connectivity index (χ1n) is 6.22. The van der Waals surface area contributed by atoms with Gasteiger partial charge in [-0.05, 0) is 39.2 Å². The topological polar surface area (TPSA) is 55.4 Å². The Morgan fingerprint density at radius 1 is 1.29 bits per heavy atom. The van der Waals surface area contributed by atoms with Gasteiger partial charge in [0.1, 0.15) is 6.04 Å². The number of hydrogen-bond acceptors (Lipinski definition) is 5. The Hall–Kier alpha value is -0.550. The average molecular weight is 257 g/mol. The van der Waals surface area contributed by atoms with Crippen molar-refractivity contribution < 1.29 is 14.3 Å². The fraction of sp³-hybridized carbons (Fsp3) is 0.833. The van der Waals surface area contributed by atoms with E-state index in [2.05, 4.69) is 17.9 Å². The second-order valence-corrected chi connectivity index (χ2v) is 6.21. The molecule has 4 nitrogen and oxygen atoms in total. The molecule has 1 aliphatic heterocycles. The van der Waals surface area contributed by atoms with E-state index in [4.69, 9.17) is 4.74 Å². The Morgan fingerprint density at radius 2 is 2.06 bits per heavy atom. The van der Waals surface area contributed by atoms with E-state index in [-0.39, 0.29) is 16.7 Å². The highest BCUT2D eigenvalue weighted by Gasteiger charge is 2.42. The lowest BCUT2D eigenvalue weighted by Gasteiger charge is -2.24. The number of hydrogen-bond donors (Lipinski definition) is 2. The summed E-state index contributed by atoms with van der Waals surface area (Å²) in [5, 5.41) is 3.03. The molecular formula is C12H19NO3S. The molecule has 0 spiro atoms. The van der Waals surface area contributed by atoms with Crippen molar-refractivity contribution in [2.75, 3.05) is 6.54 Å². The van der Waals surface area contributed by atoms with Crippen molar-refractivity contribution in [2.45, 2.75) is 49.8 Å². The molecule has 1 saturated heterocycles. The molecule has 2 aliphatic rings. The maximum absolute atomic E-state index is 11.9. The third-order valence-corrected chi connectivity index (χ3v) is 4.29. The summed E-state index contributed by atoms with van der Waals surface area (Å²) in [6, 6.07) is -0.300. The molecule has 0 aromatic carbocycles. The Labute approximate surface area is 107 Å². The van der Waals surface area contributed by atoms with Gasteiger partial charge >= 0.3 is 11.9 Å². The van der Waals surface area contributed by atoms with Gasteiger partial charge in [-0.25, -0.2) is 4.79 Å². The highest BCUT2D eigenvalue weighted by atomic mass is 32.1. The van der Waals surface area contributed by atoms with Crippen molar-refractivity contribution in [1.29, 1.82) is 0 Å². The van der Waals surface area contributed by atoms with Crippen LogP contribution in [0, 0.1) is 5.92 Å². The minimum atomic E-state index is -0.427. The molecule has 1 heterocycles. The van der Waals surface area contributed by atoms with Gasteiger partial charge in [-0.2, -0.15) is 12.6 Å². The highest BCUT2D eigenvalue weighted by Crippen LogP contribution is 2.41. The van der Waals surface area contributed by atoms with Crippen LogP contribution in [0.2, 0.25) is 0 Å². The highest BCUT2D eigenvalue weighted by molar-refractivity contribution is 7.81. The first kappa shape index (κ1) is 12.9. The van der Waals surface area contributed by atoms with Gasteiger partial charge in [0.05, 0.1) is 5.92 Å². The summed E-state index contributed by atoms with van der Waals surface area (Å²) in [7, 11) is 0. The van der Waals surface area contributed by atoms with Crippen LogP contribution < -0.4 is 5.32 Å². The standard InChI is InChI=1S/C12H19NO3S/c1-12(17)6-2-4-8(12)10(14)16-11(15)9-5-3-7-13-9/h8-9,13,17H,2-7H2,1H3/t8?,9-,12?/m0/s1. The molecule has 1 aliphatic carbocycles. The fourth-order valence-corrected chi connectivity index (χ4v) is 3.04. The van der Waals surface area contributed by atoms with E-state index in [9.17, 15) is 9.59 Å². The van der Waals surface area contributed by atoms with Crippen LogP contribution in [-0.4, -0.2) is 29.3 Å². The molecule has 2 unspecified atom stereocenters. The van der Waals surface area contributed by atoms with Crippen LogP contribution in [0.4, 0.5) is 0 Å². The molecule has 0 bridgehead atoms. The first-order valence-corrected chi connectivity index (χ1v) is 6.67. The van der Waals surface area contributed by atoms with Crippen molar-refractivity contribution in [2.24, 2.45) is 5.92 Å². The summed E-state index contributed by atoms with van der Waals surface area (Å²) >= 11 is 4.49. The lowest BCUT2D eigenvalue weighted by Crippen LogP contribution is -2.38. The van der Waals surface area contributed by atoms with Crippen molar-refractivity contribution in [3.8, 4) is 0 Å². The van der Waals surface area contributed by atoms with Crippen LogP contribution in [0.25, 0.3) is 0 Å². The van der Waals surface area contributed by atoms with Crippen molar-refractivity contribution in [1.82, 2.24) is 5.32 Å². The van der Waals surface area contributed by atoms with E-state index >= 15 is 0 Å². The van der Waals surface area contributed by atoms with E-state index in [1.54, 1.807) is 0 Å². The van der Waals surface area contributed by atoms with Gasteiger partial charge < -0.3 is 10.1 Å². The zero-order valence-corrected chi connectivity index (χ0v) is 11.0. The molecule has 0 aromatic heterocycles. The summed E-state index contributed by atoms with van der Waals surface area (Å²) in [6.45, 7) is 2.76. The lowest BCUT2D eigenvalue weighted by molar-refractivity contribution is -0.164. The number of rotatable bonds is 2. The van der Waals surface area contributed by atoms with Gasteiger partial charge in [0.15, 0.2) is 0 Å². The second kappa shape index (κ2) is 4.98. The smallest absolute Gasteiger partial charge is 0.330 e. The molecule has 1 N–H and O–H groups in total. The zero-order valence-electron chi connectivity index (χ0n) is 10.1. The van der Waals surface area contributed by atoms with Gasteiger partial charge in [-0.15, -0.1) is 0 Å². The van der Waals surface area contributed by atoms with Crippen molar-refractivity contribution >= 4 is 24.6 Å². The van der Waals surface area contributed by atoms with Crippen LogP contribution in [0.3, 0.4) is 0 Å². The average Bonchev–Trinajstić information content (AvgIpc) is 2.85. The van der Waals surface area contributed by atoms with Gasteiger partial charge in [0, 0.05) is 4.75 Å². The molecule has 2 rings (SSSR count). The minimum Gasteiger partial charge on any atom is -0.392 e. The number of esters is 2. The van der Waals surface area contributed by atoms with Gasteiger partial charge in [0.25, 0.3) is 0 Å². The number of carbonyl (C=O) groups excluding carboxylic acids is 2. The molecule has 17 heavy (non-hydrogen) atoms. The third-order valence-electron chi connectivity index (χ3n) is 3.76. The number of ether oxygens (including phenoxy) is 1. The van der Waals surface area contributed by atoms with Crippen molar-refractivity contribution in [3.63, 3.8) is 0 Å². The number of thiol groups is 1. The zero-order chi connectivity index (χ0) is 12.5. The van der Waals surface area contributed by atoms with Gasteiger partial charge in [-0.3, -0.25) is 4.79 Å². The quantitative estimate of drug-likeness (QED) is 0.445. The number of carbonyl (C=O) groups is 2. The Morgan fingerprint density at radius 3 is 2.59 bits per heavy atom. The van der Waals surface area contributed by atoms with E-state index < -0.39 is 11.9 Å². The predicted molar refractivity (Wildman–Crippen MR) is 66.9 cm³/mol. The van der Waals surface area contributed by atoms with Crippen LogP contribution in [0.1, 0.15) is 39.0 Å². The number of nitrogens with one attached hydrogen (secondary N) is 1. The molecule has 0 aromatic rings. The third kappa shape index (κ3) is 2.83. The van der Waals surface area contributed by atoms with Gasteiger partial charge in [-0.1, -0.05) is 6.42 Å². The summed E-state index contributed by atoms with van der Waals surface area (Å²) in [6.07, 6.45) is 4.35. The van der Waals surface area contributed by atoms with E-state index in [0.717, 1.165) is 38.6 Å². The molecule has 0 amide bonds. The maximum atomic E-state index is 11.9. The summed E-state index contributed by atoms with van der Waals surface area (Å²) in [5.74, 6) is -1.08. The molecule has 3 atom stereocenters. The summed E-state index contributed by atoms with van der Waals surface area (Å²) in [4.78, 5) is 23.6. The van der Waals surface area contributed by atoms with E-state index in [1.165, 1.54) is 0 Å². The molecule has 96 valence electrons. The Bertz CT molecular complexity index is 324. The van der Waals surface area contributed by atoms with Crippen LogP contribution in [0.5, 0.6) is 0 Å². The Balaban J connectivity index is 1.90. The monoisotopic (exact) mass is 257 g/mol. The molecule has 5 heteroatoms. The van der Waals surface area contributed by atoms with Crippen molar-refractivity contribution in [3.05, 3.63) is 0 Å². The summed E-state index contributed by atoms with van der Waals surface area (Å²) < 4.78 is 4.63. The Kier molecular flexibility index (Phi) is 3.78. The maximum Gasteiger partial charge on any atom is 0.330 e. The minimum absolute atomic E-state index is 0.254. The lowest BCUT2D eigenvalue weighted by atomic mass is 9.97. The SMILES string of the molecule is CC1(S)CCCC1C(=O)OC(=O)[C@@H]1CCCN1. The van der Waals surface area contributed by atoms with E-state index in [0.29, 0.717) is 0 Å². The molecular weight excluding hydrogens is 238 g/mol. The normalized spacial score (nSPS) is 37.1. The molecule has 1 saturated carbocycles. The van der Waals surface area contributed by atoms with Crippen LogP contribution in [0.15, 0.2) is 0 Å².